The van der Waals surface area contributed by atoms with Crippen LogP contribution in [-0.4, -0.2) is 18.8 Å². The molecule has 1 aromatic rings. The molecule has 3 nitrogen and oxygen atoms in total. The fraction of sp³-hybridized carbons (Fsp3) is 0.500. The van der Waals surface area contributed by atoms with Gasteiger partial charge in [-0.25, -0.2) is 0 Å². The highest BCUT2D eigenvalue weighted by atomic mass is 79.9. The normalized spacial score (nSPS) is 17.2. The Morgan fingerprint density at radius 2 is 2.19 bits per heavy atom. The third-order valence-electron chi connectivity index (χ3n) is 3.44. The zero-order chi connectivity index (χ0) is 11.9. The van der Waals surface area contributed by atoms with E-state index < -0.39 is 0 Å². The minimum atomic E-state index is 0.0106. The third-order valence-corrected chi connectivity index (χ3v) is 4.26. The number of nitrogens with two attached hydrogens (primary N) is 1. The molecule has 0 aromatic heterocycles. The van der Waals surface area contributed by atoms with Gasteiger partial charge in [0.1, 0.15) is 0 Å². The Bertz CT molecular complexity index is 428. The van der Waals surface area contributed by atoms with Crippen LogP contribution in [0.25, 0.3) is 0 Å². The largest absolute Gasteiger partial charge is 0.504 e. The first kappa shape index (κ1) is 11.7. The molecule has 0 amide bonds. The van der Waals surface area contributed by atoms with E-state index in [-0.39, 0.29) is 11.2 Å². The number of phenols is 1. The zero-order valence-electron chi connectivity index (χ0n) is 9.51. The van der Waals surface area contributed by atoms with Crippen molar-refractivity contribution in [1.29, 1.82) is 0 Å². The molecule has 0 spiro atoms. The molecule has 1 aliphatic rings. The maximum atomic E-state index is 9.89. The van der Waals surface area contributed by atoms with Crippen LogP contribution in [0.4, 0.5) is 0 Å². The average Bonchev–Trinajstić information content (AvgIpc) is 3.03. The number of methoxy groups -OCH3 is 1. The minimum Gasteiger partial charge on any atom is -0.504 e. The Morgan fingerprint density at radius 1 is 1.56 bits per heavy atom. The summed E-state index contributed by atoms with van der Waals surface area (Å²) in [5, 5.41) is 9.89. The van der Waals surface area contributed by atoms with Crippen LogP contribution in [0.15, 0.2) is 10.5 Å². The molecule has 0 saturated heterocycles. The Balaban J connectivity index is 2.66. The van der Waals surface area contributed by atoms with Crippen LogP contribution in [0.2, 0.25) is 0 Å². The van der Waals surface area contributed by atoms with Gasteiger partial charge in [-0.1, -0.05) is 15.9 Å². The van der Waals surface area contributed by atoms with Gasteiger partial charge in [0.15, 0.2) is 11.5 Å². The van der Waals surface area contributed by atoms with Crippen molar-refractivity contribution < 1.29 is 9.84 Å². The van der Waals surface area contributed by atoms with Gasteiger partial charge in [0.2, 0.25) is 0 Å². The monoisotopic (exact) mass is 285 g/mol. The van der Waals surface area contributed by atoms with Crippen molar-refractivity contribution in [3.8, 4) is 11.5 Å². The van der Waals surface area contributed by atoms with E-state index in [2.05, 4.69) is 15.9 Å². The second-order valence-electron chi connectivity index (χ2n) is 4.40. The highest BCUT2D eigenvalue weighted by molar-refractivity contribution is 9.10. The van der Waals surface area contributed by atoms with Crippen molar-refractivity contribution in [3.05, 3.63) is 21.7 Å². The molecule has 88 valence electrons. The predicted octanol–water partition coefficient (Wildman–Crippen LogP) is 2.46. The standard InChI is InChI=1S/C12H16BrNO2/c1-7-8(13)5-9(15)11(16-2)10(7)12(6-14)3-4-12/h5,15H,3-4,6,14H2,1-2H3. The van der Waals surface area contributed by atoms with Gasteiger partial charge in [-0.2, -0.15) is 0 Å². The van der Waals surface area contributed by atoms with Crippen LogP contribution in [0.5, 0.6) is 11.5 Å². The fourth-order valence-electron chi connectivity index (χ4n) is 2.26. The smallest absolute Gasteiger partial charge is 0.164 e. The molecule has 0 bridgehead atoms. The van der Waals surface area contributed by atoms with Crippen LogP contribution >= 0.6 is 15.9 Å². The summed E-state index contributed by atoms with van der Waals surface area (Å²) in [6, 6.07) is 1.67. The van der Waals surface area contributed by atoms with Gasteiger partial charge in [-0.15, -0.1) is 0 Å². The number of aromatic hydroxyl groups is 1. The molecule has 0 aliphatic heterocycles. The van der Waals surface area contributed by atoms with Crippen molar-refractivity contribution in [3.63, 3.8) is 0 Å². The number of phenolic OH excluding ortho intramolecular Hbond substituents is 1. The van der Waals surface area contributed by atoms with E-state index in [9.17, 15) is 5.11 Å². The SMILES string of the molecule is COc1c(O)cc(Br)c(C)c1C1(CN)CC1. The topological polar surface area (TPSA) is 55.5 Å². The highest BCUT2D eigenvalue weighted by Gasteiger charge is 2.46. The molecule has 3 N–H and O–H groups in total. The van der Waals surface area contributed by atoms with E-state index in [0.717, 1.165) is 28.4 Å². The first-order valence-corrected chi connectivity index (χ1v) is 6.11. The second-order valence-corrected chi connectivity index (χ2v) is 5.25. The van der Waals surface area contributed by atoms with Crippen LogP contribution in [0, 0.1) is 6.92 Å². The van der Waals surface area contributed by atoms with Crippen molar-refractivity contribution in [2.75, 3.05) is 13.7 Å². The van der Waals surface area contributed by atoms with Crippen molar-refractivity contribution in [2.24, 2.45) is 5.73 Å². The number of halogens is 1. The molecule has 0 unspecified atom stereocenters. The average molecular weight is 286 g/mol. The molecule has 1 aliphatic carbocycles. The molecule has 0 atom stereocenters. The predicted molar refractivity (Wildman–Crippen MR) is 67.1 cm³/mol. The number of benzene rings is 1. The van der Waals surface area contributed by atoms with Gasteiger partial charge in [0.05, 0.1) is 7.11 Å². The van der Waals surface area contributed by atoms with Crippen molar-refractivity contribution in [2.45, 2.75) is 25.2 Å². The lowest BCUT2D eigenvalue weighted by atomic mass is 9.90. The molecule has 0 heterocycles. The molecular weight excluding hydrogens is 270 g/mol. The lowest BCUT2D eigenvalue weighted by Crippen LogP contribution is -2.21. The lowest BCUT2D eigenvalue weighted by Gasteiger charge is -2.21. The molecule has 16 heavy (non-hydrogen) atoms. The van der Waals surface area contributed by atoms with Gasteiger partial charge in [-0.3, -0.25) is 0 Å². The number of ether oxygens (including phenoxy) is 1. The molecule has 1 saturated carbocycles. The second kappa shape index (κ2) is 3.93. The Morgan fingerprint density at radius 3 is 2.62 bits per heavy atom. The number of hydrogen-bond donors (Lipinski definition) is 2. The summed E-state index contributed by atoms with van der Waals surface area (Å²) in [6.07, 6.45) is 2.13. The lowest BCUT2D eigenvalue weighted by molar-refractivity contribution is 0.364. The van der Waals surface area contributed by atoms with Crippen molar-refractivity contribution in [1.82, 2.24) is 0 Å². The molecule has 1 aromatic carbocycles. The molecule has 1 fully saturated rings. The zero-order valence-corrected chi connectivity index (χ0v) is 11.1. The Kier molecular flexibility index (Phi) is 2.88. The summed E-state index contributed by atoms with van der Waals surface area (Å²) < 4.78 is 6.22. The third kappa shape index (κ3) is 1.60. The van der Waals surface area contributed by atoms with E-state index >= 15 is 0 Å². The first-order chi connectivity index (χ1) is 7.55. The van der Waals surface area contributed by atoms with E-state index in [0.29, 0.717) is 12.3 Å². The minimum absolute atomic E-state index is 0.0106. The van der Waals surface area contributed by atoms with Gasteiger partial charge >= 0.3 is 0 Å². The quantitative estimate of drug-likeness (QED) is 0.897. The van der Waals surface area contributed by atoms with E-state index in [4.69, 9.17) is 10.5 Å². The van der Waals surface area contributed by atoms with Crippen molar-refractivity contribution >= 4 is 15.9 Å². The molecule has 2 rings (SSSR count). The molecule has 4 heteroatoms. The van der Waals surface area contributed by atoms with Crippen LogP contribution in [0.1, 0.15) is 24.0 Å². The van der Waals surface area contributed by atoms with Gasteiger partial charge < -0.3 is 15.6 Å². The summed E-state index contributed by atoms with van der Waals surface area (Å²) in [4.78, 5) is 0. The molecular formula is C12H16BrNO2. The first-order valence-electron chi connectivity index (χ1n) is 5.32. The maximum Gasteiger partial charge on any atom is 0.164 e. The Hall–Kier alpha value is -0.740. The maximum absolute atomic E-state index is 9.89. The number of hydrogen-bond acceptors (Lipinski definition) is 3. The van der Waals surface area contributed by atoms with Gasteiger partial charge in [0.25, 0.3) is 0 Å². The van der Waals surface area contributed by atoms with E-state index in [1.807, 2.05) is 6.92 Å². The summed E-state index contributed by atoms with van der Waals surface area (Å²) in [5.41, 5.74) is 8.02. The van der Waals surface area contributed by atoms with Gasteiger partial charge in [-0.05, 0) is 31.4 Å². The molecule has 0 radical (unpaired) electrons. The summed E-state index contributed by atoms with van der Waals surface area (Å²) in [5.74, 6) is 0.748. The summed E-state index contributed by atoms with van der Waals surface area (Å²) in [7, 11) is 1.58. The Labute approximate surface area is 104 Å². The van der Waals surface area contributed by atoms with E-state index in [1.54, 1.807) is 13.2 Å². The highest BCUT2D eigenvalue weighted by Crippen LogP contribution is 2.54. The number of rotatable bonds is 3. The van der Waals surface area contributed by atoms with Crippen LogP contribution < -0.4 is 10.5 Å². The summed E-state index contributed by atoms with van der Waals surface area (Å²) in [6.45, 7) is 2.62. The van der Waals surface area contributed by atoms with Crippen LogP contribution in [0.3, 0.4) is 0 Å². The summed E-state index contributed by atoms with van der Waals surface area (Å²) >= 11 is 3.45. The van der Waals surface area contributed by atoms with E-state index in [1.165, 1.54) is 0 Å². The van der Waals surface area contributed by atoms with Crippen LogP contribution in [-0.2, 0) is 5.41 Å². The van der Waals surface area contributed by atoms with Gasteiger partial charge in [0, 0.05) is 22.0 Å². The fourth-order valence-corrected chi connectivity index (χ4v) is 2.68.